The second-order valence-electron chi connectivity index (χ2n) is 5.28. The van der Waals surface area contributed by atoms with E-state index >= 15 is 0 Å². The van der Waals surface area contributed by atoms with Crippen LogP contribution in [0.5, 0.6) is 0 Å². The quantitative estimate of drug-likeness (QED) is 0.852. The average molecular weight is 267 g/mol. The van der Waals surface area contributed by atoms with Crippen LogP contribution in [0.15, 0.2) is 49.1 Å². The molecule has 2 aromatic rings. The fraction of sp³-hybridized carbons (Fsp3) is 0.312. The van der Waals surface area contributed by atoms with E-state index in [1.54, 1.807) is 12.4 Å². The lowest BCUT2D eigenvalue weighted by atomic mass is 9.99. The monoisotopic (exact) mass is 267 g/mol. The SMILES string of the molecule is O=C1C[C@@H](Cc2ccccc2)CN1Cc1cncnc1. The second-order valence-corrected chi connectivity index (χ2v) is 5.28. The number of likely N-dealkylation sites (tertiary alicyclic amines) is 1. The van der Waals surface area contributed by atoms with Gasteiger partial charge in [-0.1, -0.05) is 30.3 Å². The number of nitrogens with zero attached hydrogens (tertiary/aromatic N) is 3. The van der Waals surface area contributed by atoms with Gasteiger partial charge in [0.2, 0.25) is 5.91 Å². The van der Waals surface area contributed by atoms with E-state index in [1.165, 1.54) is 11.9 Å². The largest absolute Gasteiger partial charge is 0.338 e. The topological polar surface area (TPSA) is 46.1 Å². The molecule has 0 bridgehead atoms. The molecule has 0 unspecified atom stereocenters. The molecular formula is C16H17N3O. The summed E-state index contributed by atoms with van der Waals surface area (Å²) in [4.78, 5) is 22.0. The molecule has 0 N–H and O–H groups in total. The Labute approximate surface area is 118 Å². The number of hydrogen-bond donors (Lipinski definition) is 0. The lowest BCUT2D eigenvalue weighted by Crippen LogP contribution is -2.24. The van der Waals surface area contributed by atoms with Gasteiger partial charge >= 0.3 is 0 Å². The van der Waals surface area contributed by atoms with E-state index in [0.29, 0.717) is 18.9 Å². The van der Waals surface area contributed by atoms with Crippen molar-refractivity contribution in [2.75, 3.05) is 6.54 Å². The van der Waals surface area contributed by atoms with Crippen molar-refractivity contribution >= 4 is 5.91 Å². The summed E-state index contributed by atoms with van der Waals surface area (Å²) in [5, 5.41) is 0. The van der Waals surface area contributed by atoms with Crippen LogP contribution in [0.3, 0.4) is 0 Å². The molecule has 0 radical (unpaired) electrons. The van der Waals surface area contributed by atoms with Crippen molar-refractivity contribution in [2.45, 2.75) is 19.4 Å². The first-order valence-electron chi connectivity index (χ1n) is 6.87. The summed E-state index contributed by atoms with van der Waals surface area (Å²) in [6.45, 7) is 1.44. The van der Waals surface area contributed by atoms with Crippen LogP contribution in [0, 0.1) is 5.92 Å². The van der Waals surface area contributed by atoms with E-state index in [2.05, 4.69) is 22.1 Å². The van der Waals surface area contributed by atoms with Gasteiger partial charge in [-0.15, -0.1) is 0 Å². The number of aromatic nitrogens is 2. The van der Waals surface area contributed by atoms with Crippen molar-refractivity contribution in [3.63, 3.8) is 0 Å². The first-order chi connectivity index (χ1) is 9.81. The van der Waals surface area contributed by atoms with Crippen molar-refractivity contribution in [1.82, 2.24) is 14.9 Å². The van der Waals surface area contributed by atoms with Crippen LogP contribution in [0.1, 0.15) is 17.5 Å². The maximum atomic E-state index is 12.1. The van der Waals surface area contributed by atoms with Crippen LogP contribution >= 0.6 is 0 Å². The summed E-state index contributed by atoms with van der Waals surface area (Å²) in [6.07, 6.45) is 6.65. The first kappa shape index (κ1) is 12.8. The molecule has 1 aromatic carbocycles. The summed E-state index contributed by atoms with van der Waals surface area (Å²) in [5.74, 6) is 0.643. The molecule has 0 aliphatic carbocycles. The van der Waals surface area contributed by atoms with Crippen molar-refractivity contribution in [1.29, 1.82) is 0 Å². The number of hydrogen-bond acceptors (Lipinski definition) is 3. The third kappa shape index (κ3) is 3.02. The summed E-state index contributed by atoms with van der Waals surface area (Å²) in [5.41, 5.74) is 2.29. The van der Waals surface area contributed by atoms with Gasteiger partial charge in [0, 0.05) is 37.5 Å². The molecule has 1 aliphatic heterocycles. The fourth-order valence-corrected chi connectivity index (χ4v) is 2.72. The highest BCUT2D eigenvalue weighted by Gasteiger charge is 2.29. The summed E-state index contributed by atoms with van der Waals surface area (Å²) < 4.78 is 0. The zero-order valence-corrected chi connectivity index (χ0v) is 11.3. The minimum Gasteiger partial charge on any atom is -0.338 e. The normalized spacial score (nSPS) is 18.5. The number of benzene rings is 1. The maximum absolute atomic E-state index is 12.1. The van der Waals surface area contributed by atoms with Gasteiger partial charge in [0.15, 0.2) is 0 Å². The standard InChI is InChI=1S/C16H17N3O/c20-16-7-14(6-13-4-2-1-3-5-13)10-19(16)11-15-8-17-12-18-9-15/h1-5,8-9,12,14H,6-7,10-11H2/t14-/m1/s1. The van der Waals surface area contributed by atoms with Crippen LogP contribution in [-0.2, 0) is 17.8 Å². The molecule has 1 amide bonds. The molecule has 0 spiro atoms. The molecule has 1 fully saturated rings. The Morgan fingerprint density at radius 1 is 1.10 bits per heavy atom. The highest BCUT2D eigenvalue weighted by Crippen LogP contribution is 2.23. The Morgan fingerprint density at radius 2 is 1.85 bits per heavy atom. The van der Waals surface area contributed by atoms with Gasteiger partial charge in [0.25, 0.3) is 0 Å². The predicted octanol–water partition coefficient (Wildman–Crippen LogP) is 2.07. The van der Waals surface area contributed by atoms with Gasteiger partial charge in [-0.3, -0.25) is 4.79 Å². The van der Waals surface area contributed by atoms with Gasteiger partial charge in [0.05, 0.1) is 0 Å². The van der Waals surface area contributed by atoms with E-state index in [1.807, 2.05) is 23.1 Å². The lowest BCUT2D eigenvalue weighted by molar-refractivity contribution is -0.128. The average Bonchev–Trinajstić information content (AvgIpc) is 2.81. The van der Waals surface area contributed by atoms with E-state index in [4.69, 9.17) is 0 Å². The zero-order valence-electron chi connectivity index (χ0n) is 11.3. The summed E-state index contributed by atoms with van der Waals surface area (Å²) in [6, 6.07) is 10.4. The molecule has 1 atom stereocenters. The molecule has 0 saturated carbocycles. The zero-order chi connectivity index (χ0) is 13.8. The molecule has 4 heteroatoms. The van der Waals surface area contributed by atoms with Crippen molar-refractivity contribution in [3.05, 3.63) is 60.2 Å². The van der Waals surface area contributed by atoms with E-state index in [9.17, 15) is 4.79 Å². The molecule has 102 valence electrons. The number of amides is 1. The van der Waals surface area contributed by atoms with Gasteiger partial charge < -0.3 is 4.90 Å². The lowest BCUT2D eigenvalue weighted by Gasteiger charge is -2.16. The van der Waals surface area contributed by atoms with E-state index in [0.717, 1.165) is 18.5 Å². The van der Waals surface area contributed by atoms with Crippen molar-refractivity contribution in [3.8, 4) is 0 Å². The Bertz CT molecular complexity index is 571. The molecule has 4 nitrogen and oxygen atoms in total. The maximum Gasteiger partial charge on any atom is 0.223 e. The van der Waals surface area contributed by atoms with Crippen LogP contribution in [0.25, 0.3) is 0 Å². The molecule has 20 heavy (non-hydrogen) atoms. The Hall–Kier alpha value is -2.23. The third-order valence-electron chi connectivity index (χ3n) is 3.65. The molecule has 1 aromatic heterocycles. The van der Waals surface area contributed by atoms with Gasteiger partial charge in [0.1, 0.15) is 6.33 Å². The molecule has 1 aliphatic rings. The predicted molar refractivity (Wildman–Crippen MR) is 75.7 cm³/mol. The third-order valence-corrected chi connectivity index (χ3v) is 3.65. The fourth-order valence-electron chi connectivity index (χ4n) is 2.72. The van der Waals surface area contributed by atoms with Crippen LogP contribution in [-0.4, -0.2) is 27.3 Å². The Kier molecular flexibility index (Phi) is 3.72. The minimum absolute atomic E-state index is 0.231. The summed E-state index contributed by atoms with van der Waals surface area (Å²) in [7, 11) is 0. The second kappa shape index (κ2) is 5.82. The van der Waals surface area contributed by atoms with E-state index in [-0.39, 0.29) is 5.91 Å². The molecule has 3 rings (SSSR count). The smallest absolute Gasteiger partial charge is 0.223 e. The molecular weight excluding hydrogens is 250 g/mol. The van der Waals surface area contributed by atoms with Gasteiger partial charge in [-0.05, 0) is 17.9 Å². The Balaban J connectivity index is 1.61. The molecule has 1 saturated heterocycles. The summed E-state index contributed by atoms with van der Waals surface area (Å²) >= 11 is 0. The van der Waals surface area contributed by atoms with Crippen LogP contribution in [0.4, 0.5) is 0 Å². The Morgan fingerprint density at radius 3 is 2.60 bits per heavy atom. The molecule has 2 heterocycles. The highest BCUT2D eigenvalue weighted by molar-refractivity contribution is 5.78. The van der Waals surface area contributed by atoms with Gasteiger partial charge in [-0.25, -0.2) is 9.97 Å². The van der Waals surface area contributed by atoms with Crippen molar-refractivity contribution < 1.29 is 4.79 Å². The van der Waals surface area contributed by atoms with Crippen LogP contribution < -0.4 is 0 Å². The van der Waals surface area contributed by atoms with Crippen molar-refractivity contribution in [2.24, 2.45) is 5.92 Å². The minimum atomic E-state index is 0.231. The number of carbonyl (C=O) groups is 1. The van der Waals surface area contributed by atoms with Crippen LogP contribution in [0.2, 0.25) is 0 Å². The number of rotatable bonds is 4. The first-order valence-corrected chi connectivity index (χ1v) is 6.87. The highest BCUT2D eigenvalue weighted by atomic mass is 16.2. The van der Waals surface area contributed by atoms with Gasteiger partial charge in [-0.2, -0.15) is 0 Å². The number of carbonyl (C=O) groups excluding carboxylic acids is 1. The van der Waals surface area contributed by atoms with E-state index < -0.39 is 0 Å².